The number of thiazole rings is 1. The molecule has 0 fully saturated rings. The number of benzene rings is 1. The molecule has 0 atom stereocenters. The molecular weight excluding hydrogens is 300 g/mol. The minimum atomic E-state index is -0.967. The van der Waals surface area contributed by atoms with Crippen molar-refractivity contribution in [1.29, 1.82) is 0 Å². The maximum atomic E-state index is 11.7. The second kappa shape index (κ2) is 7.51. The second-order valence-corrected chi connectivity index (χ2v) is 5.72. The number of aromatic nitrogens is 1. The van der Waals surface area contributed by atoms with Crippen LogP contribution in [0.5, 0.6) is 0 Å². The lowest BCUT2D eigenvalue weighted by Gasteiger charge is -2.00. The van der Waals surface area contributed by atoms with E-state index in [0.29, 0.717) is 13.0 Å². The Bertz CT molecular complexity index is 690. The molecule has 6 heteroatoms. The highest BCUT2D eigenvalue weighted by molar-refractivity contribution is 7.09. The zero-order valence-corrected chi connectivity index (χ0v) is 12.9. The number of carboxylic acid groups (broad SMARTS) is 1. The molecule has 0 saturated carbocycles. The topological polar surface area (TPSA) is 79.3 Å². The number of hydrogen-bond acceptors (Lipinski definition) is 4. The molecule has 22 heavy (non-hydrogen) atoms. The Morgan fingerprint density at radius 1 is 1.32 bits per heavy atom. The number of carbonyl (C=O) groups is 2. The van der Waals surface area contributed by atoms with E-state index >= 15 is 0 Å². The summed E-state index contributed by atoms with van der Waals surface area (Å²) in [4.78, 5) is 26.7. The molecule has 0 spiro atoms. The van der Waals surface area contributed by atoms with E-state index in [1.807, 2.05) is 12.3 Å². The van der Waals surface area contributed by atoms with Gasteiger partial charge in [-0.15, -0.1) is 11.3 Å². The van der Waals surface area contributed by atoms with Crippen LogP contribution in [0, 0.1) is 6.92 Å². The van der Waals surface area contributed by atoms with Crippen LogP contribution in [0.1, 0.15) is 26.6 Å². The Morgan fingerprint density at radius 3 is 2.64 bits per heavy atom. The second-order valence-electron chi connectivity index (χ2n) is 4.66. The zero-order valence-electron chi connectivity index (χ0n) is 12.1. The first-order chi connectivity index (χ1) is 10.5. The number of carboxylic acids is 1. The van der Waals surface area contributed by atoms with E-state index in [1.54, 1.807) is 29.5 Å². The van der Waals surface area contributed by atoms with Gasteiger partial charge >= 0.3 is 5.97 Å². The van der Waals surface area contributed by atoms with Crippen LogP contribution in [-0.4, -0.2) is 28.5 Å². The highest BCUT2D eigenvalue weighted by Crippen LogP contribution is 2.08. The summed E-state index contributed by atoms with van der Waals surface area (Å²) in [6.07, 6.45) is 3.78. The van der Waals surface area contributed by atoms with Gasteiger partial charge in [0.05, 0.1) is 16.3 Å². The minimum Gasteiger partial charge on any atom is -0.478 e. The van der Waals surface area contributed by atoms with E-state index in [0.717, 1.165) is 16.3 Å². The summed E-state index contributed by atoms with van der Waals surface area (Å²) in [5.74, 6) is -1.15. The van der Waals surface area contributed by atoms with Crippen molar-refractivity contribution >= 4 is 29.3 Å². The average Bonchev–Trinajstić information content (AvgIpc) is 2.91. The van der Waals surface area contributed by atoms with Crippen LogP contribution in [0.3, 0.4) is 0 Å². The normalized spacial score (nSPS) is 10.8. The van der Waals surface area contributed by atoms with Gasteiger partial charge in [0.15, 0.2) is 0 Å². The summed E-state index contributed by atoms with van der Waals surface area (Å²) in [5, 5.41) is 14.6. The Morgan fingerprint density at radius 2 is 2.05 bits per heavy atom. The minimum absolute atomic E-state index is 0.186. The Hall–Kier alpha value is -2.47. The lowest BCUT2D eigenvalue weighted by atomic mass is 10.1. The number of nitrogens with zero attached hydrogens (tertiary/aromatic N) is 1. The smallest absolute Gasteiger partial charge is 0.335 e. The molecule has 0 bridgehead atoms. The fourth-order valence-corrected chi connectivity index (χ4v) is 2.45. The SMILES string of the molecule is Cc1nc(CCNC(=O)/C=C/c2ccc(C(=O)O)cc2)cs1. The standard InChI is InChI=1S/C16H16N2O3S/c1-11-18-14(10-22-11)8-9-17-15(19)7-4-12-2-5-13(6-3-12)16(20)21/h2-7,10H,8-9H2,1H3,(H,17,19)(H,20,21)/b7-4+. The van der Waals surface area contributed by atoms with Crippen molar-refractivity contribution in [3.8, 4) is 0 Å². The largest absolute Gasteiger partial charge is 0.478 e. The fraction of sp³-hybridized carbons (Fsp3) is 0.188. The van der Waals surface area contributed by atoms with Crippen LogP contribution < -0.4 is 5.32 Å². The Kier molecular flexibility index (Phi) is 5.43. The van der Waals surface area contributed by atoms with Crippen molar-refractivity contribution in [2.24, 2.45) is 0 Å². The Balaban J connectivity index is 1.79. The fourth-order valence-electron chi connectivity index (χ4n) is 1.80. The molecule has 5 nitrogen and oxygen atoms in total. The van der Waals surface area contributed by atoms with Crippen molar-refractivity contribution in [3.05, 3.63) is 57.6 Å². The number of hydrogen-bond donors (Lipinski definition) is 2. The number of amides is 1. The van der Waals surface area contributed by atoms with Crippen LogP contribution in [-0.2, 0) is 11.2 Å². The molecule has 1 heterocycles. The molecule has 2 rings (SSSR count). The summed E-state index contributed by atoms with van der Waals surface area (Å²) in [7, 11) is 0. The van der Waals surface area contributed by atoms with Gasteiger partial charge in [0, 0.05) is 24.4 Å². The highest BCUT2D eigenvalue weighted by Gasteiger charge is 2.01. The van der Waals surface area contributed by atoms with Crippen LogP contribution in [0.4, 0.5) is 0 Å². The molecule has 1 amide bonds. The average molecular weight is 316 g/mol. The molecule has 0 aliphatic rings. The third-order valence-electron chi connectivity index (χ3n) is 2.93. The van der Waals surface area contributed by atoms with E-state index in [-0.39, 0.29) is 11.5 Å². The van der Waals surface area contributed by atoms with Gasteiger partial charge in [-0.2, -0.15) is 0 Å². The Labute approximate surface area is 132 Å². The monoisotopic (exact) mass is 316 g/mol. The van der Waals surface area contributed by atoms with Gasteiger partial charge in [0.1, 0.15) is 0 Å². The predicted molar refractivity (Wildman–Crippen MR) is 86.0 cm³/mol. The molecule has 0 radical (unpaired) electrons. The van der Waals surface area contributed by atoms with Gasteiger partial charge in [-0.3, -0.25) is 4.79 Å². The maximum Gasteiger partial charge on any atom is 0.335 e. The van der Waals surface area contributed by atoms with E-state index in [2.05, 4.69) is 10.3 Å². The van der Waals surface area contributed by atoms with E-state index < -0.39 is 5.97 Å². The summed E-state index contributed by atoms with van der Waals surface area (Å²) in [6, 6.07) is 6.32. The van der Waals surface area contributed by atoms with Crippen molar-refractivity contribution in [2.45, 2.75) is 13.3 Å². The van der Waals surface area contributed by atoms with Gasteiger partial charge in [0.25, 0.3) is 0 Å². The van der Waals surface area contributed by atoms with Crippen LogP contribution >= 0.6 is 11.3 Å². The van der Waals surface area contributed by atoms with Crippen molar-refractivity contribution in [2.75, 3.05) is 6.54 Å². The quantitative estimate of drug-likeness (QED) is 0.803. The molecule has 0 unspecified atom stereocenters. The summed E-state index contributed by atoms with van der Waals surface area (Å²) < 4.78 is 0. The summed E-state index contributed by atoms with van der Waals surface area (Å²) in [6.45, 7) is 2.48. The number of aryl methyl sites for hydroxylation is 1. The number of carbonyl (C=O) groups excluding carboxylic acids is 1. The molecule has 1 aromatic carbocycles. The maximum absolute atomic E-state index is 11.7. The third-order valence-corrected chi connectivity index (χ3v) is 3.75. The molecular formula is C16H16N2O3S. The van der Waals surface area contributed by atoms with Gasteiger partial charge in [-0.05, 0) is 30.7 Å². The lowest BCUT2D eigenvalue weighted by Crippen LogP contribution is -2.23. The van der Waals surface area contributed by atoms with Gasteiger partial charge in [0.2, 0.25) is 5.91 Å². The van der Waals surface area contributed by atoms with E-state index in [9.17, 15) is 9.59 Å². The van der Waals surface area contributed by atoms with Gasteiger partial charge in [-0.25, -0.2) is 9.78 Å². The molecule has 0 aliphatic heterocycles. The number of aromatic carboxylic acids is 1. The van der Waals surface area contributed by atoms with Crippen LogP contribution in [0.25, 0.3) is 6.08 Å². The summed E-state index contributed by atoms with van der Waals surface area (Å²) >= 11 is 1.59. The molecule has 114 valence electrons. The van der Waals surface area contributed by atoms with Crippen molar-refractivity contribution in [3.63, 3.8) is 0 Å². The van der Waals surface area contributed by atoms with Crippen LogP contribution in [0.2, 0.25) is 0 Å². The van der Waals surface area contributed by atoms with Crippen molar-refractivity contribution < 1.29 is 14.7 Å². The number of nitrogens with one attached hydrogen (secondary N) is 1. The molecule has 1 aromatic heterocycles. The highest BCUT2D eigenvalue weighted by atomic mass is 32.1. The van der Waals surface area contributed by atoms with E-state index in [4.69, 9.17) is 5.11 Å². The lowest BCUT2D eigenvalue weighted by molar-refractivity contribution is -0.116. The predicted octanol–water partition coefficient (Wildman–Crippen LogP) is 2.52. The van der Waals surface area contributed by atoms with E-state index in [1.165, 1.54) is 18.2 Å². The summed E-state index contributed by atoms with van der Waals surface area (Å²) in [5.41, 5.74) is 1.98. The van der Waals surface area contributed by atoms with Gasteiger partial charge in [-0.1, -0.05) is 12.1 Å². The first-order valence-corrected chi connectivity index (χ1v) is 7.63. The molecule has 2 aromatic rings. The third kappa shape index (κ3) is 4.82. The molecule has 2 N–H and O–H groups in total. The zero-order chi connectivity index (χ0) is 15.9. The number of rotatable bonds is 6. The molecule has 0 aliphatic carbocycles. The first kappa shape index (κ1) is 15.9. The van der Waals surface area contributed by atoms with Gasteiger partial charge < -0.3 is 10.4 Å². The first-order valence-electron chi connectivity index (χ1n) is 6.75. The van der Waals surface area contributed by atoms with Crippen molar-refractivity contribution in [1.82, 2.24) is 10.3 Å². The molecule has 0 saturated heterocycles. The van der Waals surface area contributed by atoms with Crippen LogP contribution in [0.15, 0.2) is 35.7 Å².